The summed E-state index contributed by atoms with van der Waals surface area (Å²) < 4.78 is 20.1. The highest BCUT2D eigenvalue weighted by Crippen LogP contribution is 2.31. The van der Waals surface area contributed by atoms with Crippen molar-refractivity contribution in [1.82, 2.24) is 10.6 Å². The zero-order chi connectivity index (χ0) is 24.8. The van der Waals surface area contributed by atoms with E-state index < -0.39 is 36.1 Å². The van der Waals surface area contributed by atoms with Crippen LogP contribution in [0.5, 0.6) is 0 Å². The van der Waals surface area contributed by atoms with Crippen molar-refractivity contribution >= 4 is 35.0 Å². The number of nitrogens with one attached hydrogen (secondary N) is 2. The number of rotatable bonds is 8. The fraction of sp³-hybridized carbons (Fsp3) is 0.269. The Labute approximate surface area is 207 Å². The molecule has 1 heterocycles. The third kappa shape index (κ3) is 5.89. The summed E-state index contributed by atoms with van der Waals surface area (Å²) in [4.78, 5) is 40.6. The smallest absolute Gasteiger partial charge is 0.287 e. The number of nitrogens with zero attached hydrogens (tertiary/aromatic N) is 1. The number of carbonyl (C=O) groups is 3. The Morgan fingerprint density at radius 2 is 1.74 bits per heavy atom. The van der Waals surface area contributed by atoms with E-state index in [1.807, 2.05) is 0 Å². The van der Waals surface area contributed by atoms with E-state index in [1.165, 1.54) is 35.4 Å². The van der Waals surface area contributed by atoms with Crippen molar-refractivity contribution in [3.05, 3.63) is 89.1 Å². The lowest BCUT2D eigenvalue weighted by Gasteiger charge is -2.32. The fourth-order valence-electron chi connectivity index (χ4n) is 4.22. The first-order valence-corrected chi connectivity index (χ1v) is 11.8. The number of benzene rings is 2. The van der Waals surface area contributed by atoms with E-state index in [0.717, 1.165) is 25.7 Å². The molecule has 182 valence electrons. The number of furan rings is 1. The zero-order valence-corrected chi connectivity index (χ0v) is 19.6. The van der Waals surface area contributed by atoms with Gasteiger partial charge in [0.15, 0.2) is 5.76 Å². The van der Waals surface area contributed by atoms with Crippen LogP contribution in [-0.4, -0.2) is 30.3 Å². The molecule has 1 aliphatic carbocycles. The first-order chi connectivity index (χ1) is 16.9. The molecule has 3 amide bonds. The van der Waals surface area contributed by atoms with Crippen molar-refractivity contribution in [3.8, 4) is 0 Å². The van der Waals surface area contributed by atoms with Gasteiger partial charge in [0.1, 0.15) is 11.9 Å². The Bertz CT molecular complexity index is 1180. The Morgan fingerprint density at radius 3 is 2.40 bits per heavy atom. The number of carbonyl (C=O) groups excluding carboxylic acids is 3. The molecule has 3 aromatic rings. The van der Waals surface area contributed by atoms with E-state index >= 15 is 0 Å². The summed E-state index contributed by atoms with van der Waals surface area (Å²) in [6.45, 7) is -0.441. The van der Waals surface area contributed by atoms with Crippen LogP contribution >= 0.6 is 11.6 Å². The standard InChI is InChI=1S/C26H25ClFN3O4/c27-17-11-13-19(14-12-17)31(23(32)16-29-25(33)22-10-5-15-35-22)24(20-8-3-4-9-21(20)28)26(34)30-18-6-1-2-7-18/h3-5,8-15,18,24H,1-2,6-7,16H2,(H,29,33)(H,30,34)/t24-/m1/s1. The third-order valence-corrected chi connectivity index (χ3v) is 6.18. The highest BCUT2D eigenvalue weighted by molar-refractivity contribution is 6.30. The quantitative estimate of drug-likeness (QED) is 0.474. The van der Waals surface area contributed by atoms with Crippen LogP contribution < -0.4 is 15.5 Å². The first-order valence-electron chi connectivity index (χ1n) is 11.4. The van der Waals surface area contributed by atoms with Crippen LogP contribution in [0.3, 0.4) is 0 Å². The molecule has 0 unspecified atom stereocenters. The van der Waals surface area contributed by atoms with Crippen LogP contribution in [0.4, 0.5) is 10.1 Å². The Balaban J connectivity index is 1.69. The van der Waals surface area contributed by atoms with Crippen molar-refractivity contribution in [3.63, 3.8) is 0 Å². The Hall–Kier alpha value is -3.65. The van der Waals surface area contributed by atoms with Gasteiger partial charge in [-0.2, -0.15) is 0 Å². The summed E-state index contributed by atoms with van der Waals surface area (Å²) in [6, 6.07) is 13.8. The minimum atomic E-state index is -1.30. The largest absolute Gasteiger partial charge is 0.459 e. The highest BCUT2D eigenvalue weighted by atomic mass is 35.5. The summed E-state index contributed by atoms with van der Waals surface area (Å²) >= 11 is 6.04. The highest BCUT2D eigenvalue weighted by Gasteiger charge is 2.36. The maximum absolute atomic E-state index is 15.0. The van der Waals surface area contributed by atoms with Gasteiger partial charge in [-0.1, -0.05) is 42.6 Å². The number of hydrogen-bond donors (Lipinski definition) is 2. The molecule has 0 saturated heterocycles. The molecular formula is C26H25ClFN3O4. The van der Waals surface area contributed by atoms with Gasteiger partial charge in [-0.15, -0.1) is 0 Å². The molecule has 2 aromatic carbocycles. The monoisotopic (exact) mass is 497 g/mol. The second kappa shape index (κ2) is 11.2. The Kier molecular flexibility index (Phi) is 7.82. The van der Waals surface area contributed by atoms with Crippen molar-refractivity contribution in [1.29, 1.82) is 0 Å². The summed E-state index contributed by atoms with van der Waals surface area (Å²) in [5.74, 6) is -2.27. The number of hydrogen-bond acceptors (Lipinski definition) is 4. The predicted octanol–water partition coefficient (Wildman–Crippen LogP) is 4.64. The van der Waals surface area contributed by atoms with Gasteiger partial charge >= 0.3 is 0 Å². The lowest BCUT2D eigenvalue weighted by atomic mass is 10.0. The number of anilines is 1. The maximum atomic E-state index is 15.0. The molecule has 1 fully saturated rings. The molecule has 7 nitrogen and oxygen atoms in total. The molecular weight excluding hydrogens is 473 g/mol. The van der Waals surface area contributed by atoms with E-state index in [4.69, 9.17) is 16.0 Å². The molecule has 1 aliphatic rings. The summed E-state index contributed by atoms with van der Waals surface area (Å²) in [6.07, 6.45) is 4.98. The van der Waals surface area contributed by atoms with E-state index in [0.29, 0.717) is 10.7 Å². The van der Waals surface area contributed by atoms with Gasteiger partial charge in [0, 0.05) is 22.3 Å². The van der Waals surface area contributed by atoms with Gasteiger partial charge < -0.3 is 15.1 Å². The van der Waals surface area contributed by atoms with Crippen molar-refractivity contribution in [2.24, 2.45) is 0 Å². The zero-order valence-electron chi connectivity index (χ0n) is 18.9. The molecule has 35 heavy (non-hydrogen) atoms. The van der Waals surface area contributed by atoms with Gasteiger partial charge in [-0.25, -0.2) is 4.39 Å². The molecule has 2 N–H and O–H groups in total. The number of amides is 3. The molecule has 0 bridgehead atoms. The Morgan fingerprint density at radius 1 is 1.03 bits per heavy atom. The molecule has 1 saturated carbocycles. The van der Waals surface area contributed by atoms with Gasteiger partial charge in [-0.05, 0) is 55.3 Å². The SMILES string of the molecule is O=C(NCC(=O)N(c1ccc(Cl)cc1)[C@@H](C(=O)NC1CCCC1)c1ccccc1F)c1ccco1. The second-order valence-electron chi connectivity index (χ2n) is 8.31. The van der Waals surface area contributed by atoms with Crippen LogP contribution in [0, 0.1) is 5.82 Å². The average Bonchev–Trinajstić information content (AvgIpc) is 3.57. The molecule has 9 heteroatoms. The molecule has 1 atom stereocenters. The van der Waals surface area contributed by atoms with Crippen LogP contribution in [0.1, 0.15) is 47.8 Å². The third-order valence-electron chi connectivity index (χ3n) is 5.93. The molecule has 1 aromatic heterocycles. The molecule has 0 radical (unpaired) electrons. The first kappa shape index (κ1) is 24.5. The van der Waals surface area contributed by atoms with Crippen LogP contribution in [0.15, 0.2) is 71.3 Å². The lowest BCUT2D eigenvalue weighted by molar-refractivity contribution is -0.126. The second-order valence-corrected chi connectivity index (χ2v) is 8.75. The van der Waals surface area contributed by atoms with E-state index in [1.54, 1.807) is 36.4 Å². The lowest BCUT2D eigenvalue weighted by Crippen LogP contribution is -2.49. The van der Waals surface area contributed by atoms with Crippen molar-refractivity contribution in [2.75, 3.05) is 11.4 Å². The topological polar surface area (TPSA) is 91.7 Å². The average molecular weight is 498 g/mol. The van der Waals surface area contributed by atoms with Gasteiger partial charge in [0.05, 0.1) is 12.8 Å². The summed E-state index contributed by atoms with van der Waals surface area (Å²) in [5, 5.41) is 5.92. The van der Waals surface area contributed by atoms with E-state index in [2.05, 4.69) is 10.6 Å². The van der Waals surface area contributed by atoms with Crippen LogP contribution in [-0.2, 0) is 9.59 Å². The summed E-state index contributed by atoms with van der Waals surface area (Å²) in [5.41, 5.74) is 0.380. The molecule has 0 aliphatic heterocycles. The molecule has 4 rings (SSSR count). The summed E-state index contributed by atoms with van der Waals surface area (Å²) in [7, 11) is 0. The van der Waals surface area contributed by atoms with Crippen LogP contribution in [0.25, 0.3) is 0 Å². The minimum Gasteiger partial charge on any atom is -0.459 e. The van der Waals surface area contributed by atoms with E-state index in [9.17, 15) is 18.8 Å². The molecule has 0 spiro atoms. The van der Waals surface area contributed by atoms with Crippen LogP contribution in [0.2, 0.25) is 5.02 Å². The van der Waals surface area contributed by atoms with E-state index in [-0.39, 0.29) is 17.4 Å². The minimum absolute atomic E-state index is 0.0421. The number of halogens is 2. The van der Waals surface area contributed by atoms with Crippen molar-refractivity contribution < 1.29 is 23.2 Å². The van der Waals surface area contributed by atoms with Gasteiger partial charge in [0.2, 0.25) is 11.8 Å². The van der Waals surface area contributed by atoms with Gasteiger partial charge in [-0.3, -0.25) is 19.3 Å². The fourth-order valence-corrected chi connectivity index (χ4v) is 4.35. The maximum Gasteiger partial charge on any atom is 0.287 e. The normalized spacial score (nSPS) is 14.3. The van der Waals surface area contributed by atoms with Gasteiger partial charge in [0.25, 0.3) is 5.91 Å². The predicted molar refractivity (Wildman–Crippen MR) is 130 cm³/mol. The van der Waals surface area contributed by atoms with Crippen molar-refractivity contribution in [2.45, 2.75) is 37.8 Å².